The first-order valence-corrected chi connectivity index (χ1v) is 12.9. The topological polar surface area (TPSA) is 55.7 Å². The van der Waals surface area contributed by atoms with E-state index in [1.807, 2.05) is 60.8 Å². The van der Waals surface area contributed by atoms with Crippen molar-refractivity contribution < 1.29 is 4.74 Å². The maximum absolute atomic E-state index is 6.49. The molecule has 0 amide bonds. The number of pyridine rings is 1. The minimum absolute atomic E-state index is 0.760. The van der Waals surface area contributed by atoms with Gasteiger partial charge in [0, 0.05) is 34.2 Å². The molecule has 0 unspecified atom stereocenters. The quantitative estimate of drug-likeness (QED) is 0.240. The normalized spacial score (nSPS) is 11.6. The van der Waals surface area contributed by atoms with Crippen molar-refractivity contribution >= 4 is 32.6 Å². The summed E-state index contributed by atoms with van der Waals surface area (Å²) in [4.78, 5) is 4.68. The van der Waals surface area contributed by atoms with Gasteiger partial charge in [0.1, 0.15) is 17.3 Å². The molecule has 0 aliphatic carbocycles. The molecule has 0 spiro atoms. The zero-order chi connectivity index (χ0) is 25.8. The van der Waals surface area contributed by atoms with Gasteiger partial charge < -0.3 is 4.74 Å². The van der Waals surface area contributed by atoms with Crippen molar-refractivity contribution in [2.75, 3.05) is 0 Å². The summed E-state index contributed by atoms with van der Waals surface area (Å²) in [6, 6.07) is 41.4. The van der Waals surface area contributed by atoms with Crippen LogP contribution in [0, 0.1) is 0 Å². The molecule has 0 radical (unpaired) electrons. The van der Waals surface area contributed by atoms with E-state index in [1.54, 1.807) is 0 Å². The molecule has 3 heterocycles. The fraction of sp³-hybridized carbons (Fsp3) is 0. The van der Waals surface area contributed by atoms with Crippen LogP contribution in [0.2, 0.25) is 0 Å². The first-order valence-electron chi connectivity index (χ1n) is 12.9. The first kappa shape index (κ1) is 21.6. The minimum atomic E-state index is 0.760. The summed E-state index contributed by atoms with van der Waals surface area (Å²) in [5.41, 5.74) is 6.15. The number of aromatic nitrogens is 4. The van der Waals surface area contributed by atoms with Gasteiger partial charge in [-0.2, -0.15) is 5.10 Å². The van der Waals surface area contributed by atoms with Crippen LogP contribution in [0.15, 0.2) is 128 Å². The molecular formula is C34H22N4O. The summed E-state index contributed by atoms with van der Waals surface area (Å²) in [6.07, 6.45) is 1.83. The van der Waals surface area contributed by atoms with E-state index in [9.17, 15) is 0 Å². The maximum atomic E-state index is 6.49. The van der Waals surface area contributed by atoms with Gasteiger partial charge in [0.25, 0.3) is 0 Å². The second-order valence-corrected chi connectivity index (χ2v) is 9.67. The summed E-state index contributed by atoms with van der Waals surface area (Å²) >= 11 is 0. The summed E-state index contributed by atoms with van der Waals surface area (Å²) in [7, 11) is 0. The Balaban J connectivity index is 1.22. The number of rotatable bonds is 5. The van der Waals surface area contributed by atoms with Crippen LogP contribution in [0.25, 0.3) is 60.9 Å². The molecule has 184 valence electrons. The Morgan fingerprint density at radius 3 is 2.31 bits per heavy atom. The van der Waals surface area contributed by atoms with Crippen LogP contribution < -0.4 is 4.74 Å². The molecule has 39 heavy (non-hydrogen) atoms. The van der Waals surface area contributed by atoms with E-state index in [0.717, 1.165) is 56.3 Å². The highest BCUT2D eigenvalue weighted by atomic mass is 16.5. The third kappa shape index (κ3) is 3.55. The Bertz CT molecular complexity index is 2090. The molecule has 1 N–H and O–H groups in total. The standard InChI is InChI=1S/C34H22N4O/c1-2-8-22(9-3-1)28-21-29(37-36-28)24-11-6-12-26(18-24)39-27-19-25-16-15-23-10-7-13-30-33(23)34(25)31(20-27)38(30)32-14-4-5-17-35-32/h1-21H,(H,36,37). The fourth-order valence-electron chi connectivity index (χ4n) is 5.55. The number of nitrogens with one attached hydrogen (secondary N) is 1. The van der Waals surface area contributed by atoms with Crippen molar-refractivity contribution in [1.82, 2.24) is 19.7 Å². The highest BCUT2D eigenvalue weighted by Gasteiger charge is 2.18. The SMILES string of the molecule is c1ccc(-c2cc(-c3cccc(Oc4cc5ccc6cccc7c6c5c(c4)n7-c4ccccn4)c3)[nH]n2)cc1. The number of hydrogen-bond donors (Lipinski definition) is 1. The van der Waals surface area contributed by atoms with Crippen molar-refractivity contribution in [2.24, 2.45) is 0 Å². The Morgan fingerprint density at radius 1 is 0.590 bits per heavy atom. The van der Waals surface area contributed by atoms with E-state index in [0.29, 0.717) is 0 Å². The molecule has 0 bridgehead atoms. The van der Waals surface area contributed by atoms with Gasteiger partial charge in [-0.3, -0.25) is 9.67 Å². The molecule has 0 atom stereocenters. The molecule has 0 saturated carbocycles. The largest absolute Gasteiger partial charge is 0.457 e. The summed E-state index contributed by atoms with van der Waals surface area (Å²) in [5, 5.41) is 12.5. The fourth-order valence-corrected chi connectivity index (χ4v) is 5.55. The molecule has 3 aromatic heterocycles. The molecule has 0 saturated heterocycles. The van der Waals surface area contributed by atoms with Gasteiger partial charge in [-0.05, 0) is 53.2 Å². The molecule has 0 fully saturated rings. The number of hydrogen-bond acceptors (Lipinski definition) is 3. The zero-order valence-electron chi connectivity index (χ0n) is 20.9. The van der Waals surface area contributed by atoms with Gasteiger partial charge in [-0.15, -0.1) is 0 Å². The lowest BCUT2D eigenvalue weighted by molar-refractivity contribution is 0.484. The Morgan fingerprint density at radius 2 is 1.41 bits per heavy atom. The van der Waals surface area contributed by atoms with Gasteiger partial charge in [0.2, 0.25) is 0 Å². The number of ether oxygens (including phenoxy) is 1. The highest BCUT2D eigenvalue weighted by molar-refractivity contribution is 6.24. The second-order valence-electron chi connectivity index (χ2n) is 9.67. The van der Waals surface area contributed by atoms with Gasteiger partial charge in [0.15, 0.2) is 0 Å². The van der Waals surface area contributed by atoms with Crippen LogP contribution in [-0.2, 0) is 0 Å². The van der Waals surface area contributed by atoms with E-state index >= 15 is 0 Å². The van der Waals surface area contributed by atoms with E-state index in [1.165, 1.54) is 16.2 Å². The molecule has 0 aliphatic rings. The van der Waals surface area contributed by atoms with Crippen LogP contribution in [0.3, 0.4) is 0 Å². The molecule has 0 aliphatic heterocycles. The lowest BCUT2D eigenvalue weighted by Gasteiger charge is -2.10. The van der Waals surface area contributed by atoms with E-state index in [-0.39, 0.29) is 0 Å². The predicted octanol–water partition coefficient (Wildman–Crippen LogP) is 8.62. The number of nitrogens with zero attached hydrogens (tertiary/aromatic N) is 3. The van der Waals surface area contributed by atoms with Crippen LogP contribution in [-0.4, -0.2) is 19.7 Å². The van der Waals surface area contributed by atoms with Gasteiger partial charge in [-0.1, -0.05) is 72.8 Å². The second kappa shape index (κ2) is 8.57. The van der Waals surface area contributed by atoms with Crippen molar-refractivity contribution in [2.45, 2.75) is 0 Å². The third-order valence-corrected chi connectivity index (χ3v) is 7.28. The summed E-state index contributed by atoms with van der Waals surface area (Å²) in [5.74, 6) is 2.42. The average molecular weight is 503 g/mol. The van der Waals surface area contributed by atoms with Crippen molar-refractivity contribution in [1.29, 1.82) is 0 Å². The van der Waals surface area contributed by atoms with E-state index < -0.39 is 0 Å². The molecule has 5 heteroatoms. The molecule has 8 aromatic rings. The van der Waals surface area contributed by atoms with Crippen LogP contribution in [0.5, 0.6) is 11.5 Å². The molecule has 5 nitrogen and oxygen atoms in total. The van der Waals surface area contributed by atoms with Crippen molar-refractivity contribution in [3.05, 3.63) is 128 Å². The van der Waals surface area contributed by atoms with E-state index in [2.05, 4.69) is 86.5 Å². The zero-order valence-corrected chi connectivity index (χ0v) is 20.9. The summed E-state index contributed by atoms with van der Waals surface area (Å²) in [6.45, 7) is 0. The monoisotopic (exact) mass is 502 g/mol. The van der Waals surface area contributed by atoms with Gasteiger partial charge >= 0.3 is 0 Å². The number of H-pyrrole nitrogens is 1. The van der Waals surface area contributed by atoms with Crippen LogP contribution in [0.1, 0.15) is 0 Å². The first-order chi connectivity index (χ1) is 19.3. The average Bonchev–Trinajstić information content (AvgIpc) is 3.61. The van der Waals surface area contributed by atoms with Gasteiger partial charge in [0.05, 0.1) is 22.4 Å². The molecule has 5 aromatic carbocycles. The van der Waals surface area contributed by atoms with Crippen molar-refractivity contribution in [3.8, 4) is 39.8 Å². The lowest BCUT2D eigenvalue weighted by Crippen LogP contribution is -1.96. The number of aromatic amines is 1. The third-order valence-electron chi connectivity index (χ3n) is 7.28. The van der Waals surface area contributed by atoms with Crippen LogP contribution in [0.4, 0.5) is 0 Å². The minimum Gasteiger partial charge on any atom is -0.457 e. The number of benzene rings is 5. The summed E-state index contributed by atoms with van der Waals surface area (Å²) < 4.78 is 8.71. The Labute approximate surface area is 224 Å². The predicted molar refractivity (Wildman–Crippen MR) is 157 cm³/mol. The Hall–Kier alpha value is -5.42. The molecule has 8 rings (SSSR count). The Kier molecular flexibility index (Phi) is 4.76. The van der Waals surface area contributed by atoms with Gasteiger partial charge in [-0.25, -0.2) is 4.98 Å². The molecular weight excluding hydrogens is 480 g/mol. The lowest BCUT2D eigenvalue weighted by atomic mass is 10.0. The smallest absolute Gasteiger partial charge is 0.137 e. The maximum Gasteiger partial charge on any atom is 0.137 e. The highest BCUT2D eigenvalue weighted by Crippen LogP contribution is 2.41. The van der Waals surface area contributed by atoms with Crippen molar-refractivity contribution in [3.63, 3.8) is 0 Å². The van der Waals surface area contributed by atoms with Crippen LogP contribution >= 0.6 is 0 Å². The van der Waals surface area contributed by atoms with E-state index in [4.69, 9.17) is 4.74 Å².